The number of fused-ring (bicyclic) bond motifs is 1. The molecule has 2 aromatic carbocycles. The van der Waals surface area contributed by atoms with Gasteiger partial charge in [-0.15, -0.1) is 0 Å². The van der Waals surface area contributed by atoms with Gasteiger partial charge in [-0.3, -0.25) is 9.78 Å². The van der Waals surface area contributed by atoms with Crippen LogP contribution >= 0.6 is 0 Å². The van der Waals surface area contributed by atoms with E-state index < -0.39 is 0 Å². The van der Waals surface area contributed by atoms with Crippen molar-refractivity contribution in [1.29, 1.82) is 0 Å². The number of carbonyl (C=O) groups excluding carboxylic acids is 1. The first-order chi connectivity index (χ1) is 12.2. The summed E-state index contributed by atoms with van der Waals surface area (Å²) in [6.07, 6.45) is 3.96. The molecule has 0 spiro atoms. The molecule has 4 nitrogen and oxygen atoms in total. The molecule has 4 heteroatoms. The van der Waals surface area contributed by atoms with Gasteiger partial charge >= 0.3 is 0 Å². The van der Waals surface area contributed by atoms with E-state index >= 15 is 0 Å². The van der Waals surface area contributed by atoms with Crippen molar-refractivity contribution in [3.8, 4) is 17.0 Å². The SMILES string of the molecule is CNC(=O)CCCc1cc(-c2ccccn2)cc2ccc(OC)cc12. The topological polar surface area (TPSA) is 51.2 Å². The van der Waals surface area contributed by atoms with E-state index in [0.29, 0.717) is 6.42 Å². The van der Waals surface area contributed by atoms with Crippen molar-refractivity contribution in [3.05, 3.63) is 60.3 Å². The predicted octanol–water partition coefficient (Wildman–Crippen LogP) is 3.98. The number of methoxy groups -OCH3 is 1. The molecule has 1 N–H and O–H groups in total. The Bertz CT molecular complexity index is 876. The second kappa shape index (κ2) is 7.79. The maximum atomic E-state index is 11.5. The molecule has 0 aliphatic rings. The number of aromatic nitrogens is 1. The van der Waals surface area contributed by atoms with Gasteiger partial charge in [0, 0.05) is 25.2 Å². The number of hydrogen-bond acceptors (Lipinski definition) is 3. The van der Waals surface area contributed by atoms with Gasteiger partial charge in [0.2, 0.25) is 5.91 Å². The normalized spacial score (nSPS) is 10.6. The summed E-state index contributed by atoms with van der Waals surface area (Å²) in [5, 5.41) is 4.99. The molecule has 0 aliphatic carbocycles. The molecule has 1 heterocycles. The van der Waals surface area contributed by atoms with Crippen LogP contribution < -0.4 is 10.1 Å². The molecule has 0 saturated carbocycles. The van der Waals surface area contributed by atoms with E-state index in [-0.39, 0.29) is 5.91 Å². The number of benzene rings is 2. The smallest absolute Gasteiger partial charge is 0.219 e. The molecule has 0 unspecified atom stereocenters. The summed E-state index contributed by atoms with van der Waals surface area (Å²) in [4.78, 5) is 16.0. The van der Waals surface area contributed by atoms with Crippen LogP contribution in [0.3, 0.4) is 0 Å². The number of pyridine rings is 1. The molecule has 0 fully saturated rings. The Morgan fingerprint density at radius 1 is 1.16 bits per heavy atom. The van der Waals surface area contributed by atoms with Crippen LogP contribution in [0.25, 0.3) is 22.0 Å². The minimum absolute atomic E-state index is 0.0720. The molecule has 0 atom stereocenters. The largest absolute Gasteiger partial charge is 0.497 e. The fourth-order valence-electron chi connectivity index (χ4n) is 2.99. The van der Waals surface area contributed by atoms with Gasteiger partial charge in [0.05, 0.1) is 12.8 Å². The van der Waals surface area contributed by atoms with Gasteiger partial charge in [-0.1, -0.05) is 12.1 Å². The lowest BCUT2D eigenvalue weighted by atomic mass is 9.95. The zero-order valence-electron chi connectivity index (χ0n) is 14.6. The van der Waals surface area contributed by atoms with Crippen molar-refractivity contribution in [1.82, 2.24) is 10.3 Å². The number of aryl methyl sites for hydroxylation is 1. The number of hydrogen-bond donors (Lipinski definition) is 1. The quantitative estimate of drug-likeness (QED) is 0.742. The number of nitrogens with zero attached hydrogens (tertiary/aromatic N) is 1. The third kappa shape index (κ3) is 3.97. The monoisotopic (exact) mass is 334 g/mol. The minimum atomic E-state index is 0.0720. The number of ether oxygens (including phenoxy) is 1. The molecule has 0 bridgehead atoms. The van der Waals surface area contributed by atoms with Gasteiger partial charge in [-0.05, 0) is 65.6 Å². The summed E-state index contributed by atoms with van der Waals surface area (Å²) < 4.78 is 5.38. The van der Waals surface area contributed by atoms with Crippen LogP contribution in [0.5, 0.6) is 5.75 Å². The lowest BCUT2D eigenvalue weighted by Crippen LogP contribution is -2.17. The highest BCUT2D eigenvalue weighted by molar-refractivity contribution is 5.91. The highest BCUT2D eigenvalue weighted by Gasteiger charge is 2.09. The van der Waals surface area contributed by atoms with Crippen LogP contribution in [0.15, 0.2) is 54.7 Å². The zero-order valence-corrected chi connectivity index (χ0v) is 14.6. The van der Waals surface area contributed by atoms with Crippen molar-refractivity contribution in [2.45, 2.75) is 19.3 Å². The number of rotatable bonds is 6. The van der Waals surface area contributed by atoms with E-state index in [2.05, 4.69) is 34.6 Å². The van der Waals surface area contributed by atoms with E-state index in [4.69, 9.17) is 4.74 Å². The van der Waals surface area contributed by atoms with Crippen LogP contribution in [0, 0.1) is 0 Å². The van der Waals surface area contributed by atoms with Crippen LogP contribution in [0.4, 0.5) is 0 Å². The third-order valence-corrected chi connectivity index (χ3v) is 4.34. The Balaban J connectivity index is 2.01. The molecule has 128 valence electrons. The van der Waals surface area contributed by atoms with Gasteiger partial charge < -0.3 is 10.1 Å². The van der Waals surface area contributed by atoms with E-state index in [1.165, 1.54) is 5.56 Å². The molecule has 3 rings (SSSR count). The van der Waals surface area contributed by atoms with E-state index in [1.807, 2.05) is 24.3 Å². The second-order valence-corrected chi connectivity index (χ2v) is 5.96. The van der Waals surface area contributed by atoms with Crippen LogP contribution in [0.2, 0.25) is 0 Å². The fourth-order valence-corrected chi connectivity index (χ4v) is 2.99. The third-order valence-electron chi connectivity index (χ3n) is 4.34. The Hall–Kier alpha value is -2.88. The maximum Gasteiger partial charge on any atom is 0.219 e. The second-order valence-electron chi connectivity index (χ2n) is 5.96. The van der Waals surface area contributed by atoms with Crippen molar-refractivity contribution in [2.24, 2.45) is 0 Å². The summed E-state index contributed by atoms with van der Waals surface area (Å²) in [6.45, 7) is 0. The van der Waals surface area contributed by atoms with Crippen LogP contribution in [0.1, 0.15) is 18.4 Å². The van der Waals surface area contributed by atoms with Gasteiger partial charge in [0.15, 0.2) is 0 Å². The lowest BCUT2D eigenvalue weighted by molar-refractivity contribution is -0.120. The Kier molecular flexibility index (Phi) is 5.29. The average molecular weight is 334 g/mol. The molecule has 25 heavy (non-hydrogen) atoms. The van der Waals surface area contributed by atoms with Gasteiger partial charge in [-0.25, -0.2) is 0 Å². The van der Waals surface area contributed by atoms with Crippen molar-refractivity contribution in [3.63, 3.8) is 0 Å². The molecule has 1 aromatic heterocycles. The molecule has 0 aliphatic heterocycles. The Labute approximate surface area is 147 Å². The van der Waals surface area contributed by atoms with E-state index in [9.17, 15) is 4.79 Å². The van der Waals surface area contributed by atoms with Crippen molar-refractivity contribution >= 4 is 16.7 Å². The summed E-state index contributed by atoms with van der Waals surface area (Å²) in [5.74, 6) is 0.911. The minimum Gasteiger partial charge on any atom is -0.497 e. The average Bonchev–Trinajstić information content (AvgIpc) is 2.67. The molecular weight excluding hydrogens is 312 g/mol. The first kappa shape index (κ1) is 17.0. The fraction of sp³-hybridized carbons (Fsp3) is 0.238. The van der Waals surface area contributed by atoms with Gasteiger partial charge in [-0.2, -0.15) is 0 Å². The van der Waals surface area contributed by atoms with Crippen LogP contribution in [-0.4, -0.2) is 25.0 Å². The molecule has 1 amide bonds. The first-order valence-electron chi connectivity index (χ1n) is 8.44. The van der Waals surface area contributed by atoms with Gasteiger partial charge in [0.1, 0.15) is 5.75 Å². The zero-order chi connectivity index (χ0) is 17.6. The molecule has 3 aromatic rings. The van der Waals surface area contributed by atoms with Gasteiger partial charge in [0.25, 0.3) is 0 Å². The molecule has 0 radical (unpaired) electrons. The summed E-state index contributed by atoms with van der Waals surface area (Å²) in [7, 11) is 3.35. The summed E-state index contributed by atoms with van der Waals surface area (Å²) in [6, 6.07) is 16.4. The molecular formula is C21H22N2O2. The maximum absolute atomic E-state index is 11.5. The standard InChI is InChI=1S/C21H22N2O2/c1-22-21(24)8-5-6-15-12-17(20-7-3-4-11-23-20)13-16-9-10-18(25-2)14-19(15)16/h3-4,7,9-14H,5-6,8H2,1-2H3,(H,22,24). The summed E-state index contributed by atoms with van der Waals surface area (Å²) in [5.41, 5.74) is 3.25. The van der Waals surface area contributed by atoms with Crippen molar-refractivity contribution in [2.75, 3.05) is 14.2 Å². The Morgan fingerprint density at radius 3 is 2.76 bits per heavy atom. The van der Waals surface area contributed by atoms with E-state index in [0.717, 1.165) is 40.6 Å². The first-order valence-corrected chi connectivity index (χ1v) is 8.44. The predicted molar refractivity (Wildman–Crippen MR) is 101 cm³/mol. The van der Waals surface area contributed by atoms with Crippen LogP contribution in [-0.2, 0) is 11.2 Å². The van der Waals surface area contributed by atoms with E-state index in [1.54, 1.807) is 20.4 Å². The summed E-state index contributed by atoms with van der Waals surface area (Å²) >= 11 is 0. The number of carbonyl (C=O) groups is 1. The lowest BCUT2D eigenvalue weighted by Gasteiger charge is -2.12. The van der Waals surface area contributed by atoms with Crippen molar-refractivity contribution < 1.29 is 9.53 Å². The molecule has 0 saturated heterocycles. The highest BCUT2D eigenvalue weighted by atomic mass is 16.5. The number of nitrogens with one attached hydrogen (secondary N) is 1. The Morgan fingerprint density at radius 2 is 2.04 bits per heavy atom. The number of amides is 1. The highest BCUT2D eigenvalue weighted by Crippen LogP contribution is 2.30.